The lowest BCUT2D eigenvalue weighted by Gasteiger charge is -2.49. The Hall–Kier alpha value is -2.27. The summed E-state index contributed by atoms with van der Waals surface area (Å²) in [7, 11) is 0. The van der Waals surface area contributed by atoms with Gasteiger partial charge in [-0.25, -0.2) is 9.97 Å². The fourth-order valence-corrected chi connectivity index (χ4v) is 4.48. The van der Waals surface area contributed by atoms with E-state index in [4.69, 9.17) is 4.98 Å². The highest BCUT2D eigenvalue weighted by Gasteiger charge is 2.41. The fraction of sp³-hybridized carbons (Fsp3) is 0.476. The quantitative estimate of drug-likeness (QED) is 0.921. The summed E-state index contributed by atoms with van der Waals surface area (Å²) < 4.78 is 0. The Balaban J connectivity index is 1.56. The number of carbonyl (C=O) groups excluding carboxylic acids is 1. The van der Waals surface area contributed by atoms with Gasteiger partial charge < -0.3 is 5.32 Å². The van der Waals surface area contributed by atoms with Gasteiger partial charge in [0.1, 0.15) is 5.82 Å². The lowest BCUT2D eigenvalue weighted by atomic mass is 9.74. The summed E-state index contributed by atoms with van der Waals surface area (Å²) in [5.74, 6) is 1.99. The molecule has 2 bridgehead atoms. The normalized spacial score (nSPS) is 27.3. The van der Waals surface area contributed by atoms with Crippen LogP contribution in [0.2, 0.25) is 0 Å². The number of hydrogen-bond donors (Lipinski definition) is 1. The number of hydrogen-bond acceptors (Lipinski definition) is 4. The van der Waals surface area contributed by atoms with Gasteiger partial charge in [0.25, 0.3) is 0 Å². The second-order valence-electron chi connectivity index (χ2n) is 7.57. The maximum Gasteiger partial charge on any atom is 0.216 e. The summed E-state index contributed by atoms with van der Waals surface area (Å²) in [4.78, 5) is 23.2. The van der Waals surface area contributed by atoms with Gasteiger partial charge in [-0.2, -0.15) is 0 Å². The van der Waals surface area contributed by atoms with Crippen molar-refractivity contribution in [1.29, 1.82) is 0 Å². The van der Waals surface area contributed by atoms with Gasteiger partial charge in [0.2, 0.25) is 5.91 Å². The molecule has 4 atom stereocenters. The van der Waals surface area contributed by atoms with Crippen LogP contribution < -0.4 is 5.32 Å². The highest BCUT2D eigenvalue weighted by Crippen LogP contribution is 2.41. The van der Waals surface area contributed by atoms with E-state index in [-0.39, 0.29) is 5.91 Å². The zero-order chi connectivity index (χ0) is 18.1. The lowest BCUT2D eigenvalue weighted by Crippen LogP contribution is -2.56. The van der Waals surface area contributed by atoms with Crippen LogP contribution in [0, 0.1) is 12.8 Å². The third kappa shape index (κ3) is 3.49. The Bertz CT molecular complexity index is 792. The van der Waals surface area contributed by atoms with Crippen LogP contribution in [0.3, 0.4) is 0 Å². The highest BCUT2D eigenvalue weighted by atomic mass is 16.1. The van der Waals surface area contributed by atoms with Crippen LogP contribution in [0.5, 0.6) is 0 Å². The van der Waals surface area contributed by atoms with E-state index in [9.17, 15) is 4.79 Å². The van der Waals surface area contributed by atoms with Crippen molar-refractivity contribution in [2.75, 3.05) is 19.6 Å². The minimum atomic E-state index is 0.0584. The Morgan fingerprint density at radius 3 is 2.77 bits per heavy atom. The van der Waals surface area contributed by atoms with Crippen LogP contribution in [0.15, 0.2) is 36.4 Å². The average molecular weight is 350 g/mol. The number of piperidine rings is 3. The lowest BCUT2D eigenvalue weighted by molar-refractivity contribution is -0.119. The van der Waals surface area contributed by atoms with Crippen LogP contribution >= 0.6 is 0 Å². The SMILES string of the molecule is CC(=O)NC[C@H]1C[C@@H]2CCN1C[C@@H]2c1cc(-c2ccccc2)nc(C)n1. The van der Waals surface area contributed by atoms with Crippen molar-refractivity contribution in [3.8, 4) is 11.3 Å². The molecule has 1 aromatic heterocycles. The third-order valence-electron chi connectivity index (χ3n) is 5.77. The summed E-state index contributed by atoms with van der Waals surface area (Å²) in [6.07, 6.45) is 2.35. The van der Waals surface area contributed by atoms with Crippen molar-refractivity contribution < 1.29 is 4.79 Å². The molecule has 5 nitrogen and oxygen atoms in total. The van der Waals surface area contributed by atoms with Crippen molar-refractivity contribution in [3.05, 3.63) is 47.9 Å². The first-order chi connectivity index (χ1) is 12.6. The number of nitrogens with zero attached hydrogens (tertiary/aromatic N) is 3. The fourth-order valence-electron chi connectivity index (χ4n) is 4.48. The Kier molecular flexibility index (Phi) is 4.72. The van der Waals surface area contributed by atoms with Gasteiger partial charge in [-0.05, 0) is 38.3 Å². The third-order valence-corrected chi connectivity index (χ3v) is 5.77. The number of amides is 1. The molecular weight excluding hydrogens is 324 g/mol. The summed E-state index contributed by atoms with van der Waals surface area (Å²) >= 11 is 0. The molecule has 1 aromatic carbocycles. The molecule has 1 N–H and O–H groups in total. The van der Waals surface area contributed by atoms with Crippen LogP contribution in [0.4, 0.5) is 0 Å². The summed E-state index contributed by atoms with van der Waals surface area (Å²) in [5.41, 5.74) is 3.33. The van der Waals surface area contributed by atoms with Gasteiger partial charge in [0.15, 0.2) is 0 Å². The summed E-state index contributed by atoms with van der Waals surface area (Å²) in [6.45, 7) is 6.49. The van der Waals surface area contributed by atoms with E-state index in [2.05, 4.69) is 33.4 Å². The van der Waals surface area contributed by atoms with E-state index in [0.717, 1.165) is 43.1 Å². The van der Waals surface area contributed by atoms with Gasteiger partial charge in [-0.3, -0.25) is 9.69 Å². The van der Waals surface area contributed by atoms with Gasteiger partial charge in [0, 0.05) is 43.2 Å². The average Bonchev–Trinajstić information content (AvgIpc) is 2.67. The van der Waals surface area contributed by atoms with E-state index in [1.165, 1.54) is 12.1 Å². The first kappa shape index (κ1) is 17.2. The molecule has 1 unspecified atom stereocenters. The zero-order valence-electron chi connectivity index (χ0n) is 15.5. The molecule has 0 aliphatic carbocycles. The van der Waals surface area contributed by atoms with Crippen molar-refractivity contribution >= 4 is 5.91 Å². The van der Waals surface area contributed by atoms with Crippen LogP contribution in [0.1, 0.15) is 37.2 Å². The Labute approximate surface area is 154 Å². The van der Waals surface area contributed by atoms with Crippen LogP contribution in [-0.2, 0) is 4.79 Å². The summed E-state index contributed by atoms with van der Waals surface area (Å²) in [5, 5.41) is 2.99. The largest absolute Gasteiger partial charge is 0.355 e. The molecule has 3 fully saturated rings. The van der Waals surface area contributed by atoms with Gasteiger partial charge in [0.05, 0.1) is 5.69 Å². The van der Waals surface area contributed by atoms with Crippen LogP contribution in [-0.4, -0.2) is 46.5 Å². The zero-order valence-corrected chi connectivity index (χ0v) is 15.5. The second kappa shape index (κ2) is 7.16. The molecule has 136 valence electrons. The Morgan fingerprint density at radius 1 is 1.27 bits per heavy atom. The molecule has 0 saturated carbocycles. The molecule has 0 spiro atoms. The molecule has 2 aromatic rings. The molecule has 4 heterocycles. The summed E-state index contributed by atoms with van der Waals surface area (Å²) in [6, 6.07) is 13.0. The predicted molar refractivity (Wildman–Crippen MR) is 102 cm³/mol. The molecule has 0 radical (unpaired) electrons. The topological polar surface area (TPSA) is 58.1 Å². The van der Waals surface area contributed by atoms with Crippen molar-refractivity contribution in [3.63, 3.8) is 0 Å². The molecular formula is C21H26N4O. The van der Waals surface area contributed by atoms with Crippen LogP contribution in [0.25, 0.3) is 11.3 Å². The minimum Gasteiger partial charge on any atom is -0.355 e. The maximum absolute atomic E-state index is 11.2. The van der Waals surface area contributed by atoms with E-state index in [0.29, 0.717) is 17.9 Å². The minimum absolute atomic E-state index is 0.0584. The van der Waals surface area contributed by atoms with Gasteiger partial charge in [-0.1, -0.05) is 30.3 Å². The molecule has 3 aliphatic heterocycles. The number of aryl methyl sites for hydroxylation is 1. The highest BCUT2D eigenvalue weighted by molar-refractivity contribution is 5.72. The molecule has 1 amide bonds. The van der Waals surface area contributed by atoms with E-state index in [1.54, 1.807) is 6.92 Å². The molecule has 5 heteroatoms. The maximum atomic E-state index is 11.2. The van der Waals surface area contributed by atoms with E-state index >= 15 is 0 Å². The molecule has 26 heavy (non-hydrogen) atoms. The number of rotatable bonds is 4. The number of fused-ring (bicyclic) bond motifs is 3. The van der Waals surface area contributed by atoms with Gasteiger partial charge >= 0.3 is 0 Å². The predicted octanol–water partition coefficient (Wildman–Crippen LogP) is 2.77. The van der Waals surface area contributed by atoms with Crippen molar-refractivity contribution in [2.24, 2.45) is 5.92 Å². The van der Waals surface area contributed by atoms with E-state index < -0.39 is 0 Å². The monoisotopic (exact) mass is 350 g/mol. The standard InChI is InChI=1S/C21H26N4O/c1-14-23-20(16-6-4-3-5-7-16)11-21(24-14)19-13-25-9-8-17(19)10-18(25)12-22-15(2)26/h3-7,11,17-19H,8-10,12-13H2,1-2H3,(H,22,26)/t17-,18+,19-/m0/s1. The number of aromatic nitrogens is 2. The smallest absolute Gasteiger partial charge is 0.216 e. The number of carbonyl (C=O) groups is 1. The van der Waals surface area contributed by atoms with Gasteiger partial charge in [-0.15, -0.1) is 0 Å². The first-order valence-corrected chi connectivity index (χ1v) is 9.49. The number of benzene rings is 1. The number of nitrogens with one attached hydrogen (secondary N) is 1. The van der Waals surface area contributed by atoms with Crippen molar-refractivity contribution in [1.82, 2.24) is 20.2 Å². The Morgan fingerprint density at radius 2 is 2.08 bits per heavy atom. The second-order valence-corrected chi connectivity index (χ2v) is 7.57. The molecule has 3 saturated heterocycles. The van der Waals surface area contributed by atoms with Crippen molar-refractivity contribution in [2.45, 2.75) is 38.6 Å². The molecule has 5 rings (SSSR count). The molecule has 3 aliphatic rings. The van der Waals surface area contributed by atoms with E-state index in [1.807, 2.05) is 25.1 Å². The first-order valence-electron chi connectivity index (χ1n) is 9.49.